The first-order valence-electron chi connectivity index (χ1n) is 7.06. The number of nitrogens with zero attached hydrogens (tertiary/aromatic N) is 1. The second-order valence-electron chi connectivity index (χ2n) is 4.94. The molecule has 0 amide bonds. The molecule has 106 valence electrons. The molecule has 0 aromatic heterocycles. The second-order valence-corrected chi connectivity index (χ2v) is 4.94. The van der Waals surface area contributed by atoms with Crippen molar-refractivity contribution in [3.05, 3.63) is 77.9 Å². The SMILES string of the molecule is COc1ccc2ccccc2c1/C=C(\C#N)c1ccccc1. The summed E-state index contributed by atoms with van der Waals surface area (Å²) >= 11 is 0. The molecule has 0 heterocycles. The molecule has 0 fully saturated rings. The van der Waals surface area contributed by atoms with E-state index in [0.717, 1.165) is 27.6 Å². The number of nitriles is 1. The van der Waals surface area contributed by atoms with Crippen LogP contribution in [0.2, 0.25) is 0 Å². The highest BCUT2D eigenvalue weighted by Crippen LogP contribution is 2.31. The van der Waals surface area contributed by atoms with Gasteiger partial charge >= 0.3 is 0 Å². The Morgan fingerprint density at radius 2 is 1.68 bits per heavy atom. The molecule has 0 spiro atoms. The van der Waals surface area contributed by atoms with E-state index in [1.165, 1.54) is 0 Å². The zero-order valence-electron chi connectivity index (χ0n) is 12.3. The van der Waals surface area contributed by atoms with Crippen molar-refractivity contribution in [3.8, 4) is 11.8 Å². The van der Waals surface area contributed by atoms with Crippen molar-refractivity contribution in [3.63, 3.8) is 0 Å². The van der Waals surface area contributed by atoms with Crippen LogP contribution in [0.15, 0.2) is 66.7 Å². The van der Waals surface area contributed by atoms with Crippen LogP contribution in [0.5, 0.6) is 5.75 Å². The van der Waals surface area contributed by atoms with Gasteiger partial charge in [-0.1, -0.05) is 60.7 Å². The fraction of sp³-hybridized carbons (Fsp3) is 0.0500. The van der Waals surface area contributed by atoms with Gasteiger partial charge in [-0.05, 0) is 28.5 Å². The first kappa shape index (κ1) is 13.9. The van der Waals surface area contributed by atoms with Crippen LogP contribution in [0.4, 0.5) is 0 Å². The summed E-state index contributed by atoms with van der Waals surface area (Å²) in [6, 6.07) is 24.0. The zero-order chi connectivity index (χ0) is 15.4. The molecule has 0 unspecified atom stereocenters. The van der Waals surface area contributed by atoms with Crippen LogP contribution in [-0.2, 0) is 0 Å². The minimum absolute atomic E-state index is 0.621. The van der Waals surface area contributed by atoms with Gasteiger partial charge in [0.2, 0.25) is 0 Å². The van der Waals surface area contributed by atoms with Gasteiger partial charge in [0, 0.05) is 5.56 Å². The third kappa shape index (κ3) is 2.57. The van der Waals surface area contributed by atoms with E-state index in [2.05, 4.69) is 12.1 Å². The average Bonchev–Trinajstić information content (AvgIpc) is 2.60. The van der Waals surface area contributed by atoms with E-state index in [9.17, 15) is 5.26 Å². The van der Waals surface area contributed by atoms with E-state index in [1.807, 2.05) is 66.7 Å². The maximum atomic E-state index is 9.52. The van der Waals surface area contributed by atoms with E-state index in [-0.39, 0.29) is 0 Å². The average molecular weight is 285 g/mol. The topological polar surface area (TPSA) is 33.0 Å². The predicted octanol–water partition coefficient (Wildman–Crippen LogP) is 4.91. The maximum absolute atomic E-state index is 9.52. The van der Waals surface area contributed by atoms with Crippen LogP contribution in [-0.4, -0.2) is 7.11 Å². The highest BCUT2D eigenvalue weighted by molar-refractivity contribution is 6.00. The number of hydrogen-bond acceptors (Lipinski definition) is 2. The molecule has 0 aliphatic rings. The molecule has 0 N–H and O–H groups in total. The second kappa shape index (κ2) is 6.15. The number of ether oxygens (including phenoxy) is 1. The van der Waals surface area contributed by atoms with Crippen molar-refractivity contribution >= 4 is 22.4 Å². The van der Waals surface area contributed by atoms with Crippen LogP contribution in [0, 0.1) is 11.3 Å². The number of fused-ring (bicyclic) bond motifs is 1. The number of methoxy groups -OCH3 is 1. The Balaban J connectivity index is 2.25. The first-order chi connectivity index (χ1) is 10.8. The number of benzene rings is 3. The summed E-state index contributed by atoms with van der Waals surface area (Å²) in [5.41, 5.74) is 2.45. The maximum Gasteiger partial charge on any atom is 0.126 e. The summed E-state index contributed by atoms with van der Waals surface area (Å²) in [5.74, 6) is 0.766. The van der Waals surface area contributed by atoms with E-state index in [4.69, 9.17) is 4.74 Å². The first-order valence-corrected chi connectivity index (χ1v) is 7.06. The summed E-state index contributed by atoms with van der Waals surface area (Å²) in [5, 5.41) is 11.7. The highest BCUT2D eigenvalue weighted by atomic mass is 16.5. The molecule has 0 saturated carbocycles. The van der Waals surface area contributed by atoms with Crippen molar-refractivity contribution < 1.29 is 4.74 Å². The Morgan fingerprint density at radius 1 is 0.955 bits per heavy atom. The summed E-state index contributed by atoms with van der Waals surface area (Å²) in [7, 11) is 1.65. The van der Waals surface area contributed by atoms with Crippen LogP contribution < -0.4 is 4.74 Å². The highest BCUT2D eigenvalue weighted by Gasteiger charge is 2.08. The Hall–Kier alpha value is -3.05. The van der Waals surface area contributed by atoms with Gasteiger partial charge in [-0.25, -0.2) is 0 Å². The van der Waals surface area contributed by atoms with Gasteiger partial charge in [0.05, 0.1) is 18.8 Å². The zero-order valence-corrected chi connectivity index (χ0v) is 12.3. The van der Waals surface area contributed by atoms with Gasteiger partial charge in [-0.3, -0.25) is 0 Å². The Morgan fingerprint density at radius 3 is 2.41 bits per heavy atom. The van der Waals surface area contributed by atoms with Gasteiger partial charge in [0.1, 0.15) is 5.75 Å². The monoisotopic (exact) mass is 285 g/mol. The van der Waals surface area contributed by atoms with Gasteiger partial charge in [-0.2, -0.15) is 5.26 Å². The standard InChI is InChI=1S/C20H15NO/c1-22-20-12-11-16-9-5-6-10-18(16)19(20)13-17(14-21)15-7-3-2-4-8-15/h2-13H,1H3/b17-13+. The Kier molecular flexibility index (Phi) is 3.89. The molecule has 0 aliphatic carbocycles. The summed E-state index contributed by atoms with van der Waals surface area (Å²) in [4.78, 5) is 0. The lowest BCUT2D eigenvalue weighted by Gasteiger charge is -2.10. The van der Waals surface area contributed by atoms with Gasteiger partial charge in [-0.15, -0.1) is 0 Å². The van der Waals surface area contributed by atoms with Crippen molar-refractivity contribution in [2.75, 3.05) is 7.11 Å². The largest absolute Gasteiger partial charge is 0.496 e. The molecule has 22 heavy (non-hydrogen) atoms. The number of hydrogen-bond donors (Lipinski definition) is 0. The molecule has 0 aliphatic heterocycles. The summed E-state index contributed by atoms with van der Waals surface area (Å²) in [6.45, 7) is 0. The fourth-order valence-corrected chi connectivity index (χ4v) is 2.54. The summed E-state index contributed by atoms with van der Waals surface area (Å²) in [6.07, 6.45) is 1.90. The van der Waals surface area contributed by atoms with E-state index in [0.29, 0.717) is 5.57 Å². The van der Waals surface area contributed by atoms with E-state index < -0.39 is 0 Å². The minimum Gasteiger partial charge on any atom is -0.496 e. The smallest absolute Gasteiger partial charge is 0.126 e. The van der Waals surface area contributed by atoms with Crippen molar-refractivity contribution in [1.82, 2.24) is 0 Å². The summed E-state index contributed by atoms with van der Waals surface area (Å²) < 4.78 is 5.48. The molecule has 3 aromatic carbocycles. The van der Waals surface area contributed by atoms with Crippen molar-refractivity contribution in [2.45, 2.75) is 0 Å². The van der Waals surface area contributed by atoms with Gasteiger partial charge in [0.25, 0.3) is 0 Å². The van der Waals surface area contributed by atoms with Crippen molar-refractivity contribution in [2.24, 2.45) is 0 Å². The lowest BCUT2D eigenvalue weighted by Crippen LogP contribution is -1.90. The minimum atomic E-state index is 0.621. The Bertz CT molecular complexity index is 873. The predicted molar refractivity (Wildman–Crippen MR) is 90.4 cm³/mol. The lowest BCUT2D eigenvalue weighted by atomic mass is 9.99. The molecule has 2 nitrogen and oxygen atoms in total. The molecule has 0 bridgehead atoms. The third-order valence-electron chi connectivity index (χ3n) is 3.64. The molecule has 0 atom stereocenters. The van der Waals surface area contributed by atoms with E-state index >= 15 is 0 Å². The van der Waals surface area contributed by atoms with Crippen molar-refractivity contribution in [1.29, 1.82) is 5.26 Å². The Labute approximate surface area is 129 Å². The lowest BCUT2D eigenvalue weighted by molar-refractivity contribution is 0.414. The van der Waals surface area contributed by atoms with Crippen LogP contribution in [0.1, 0.15) is 11.1 Å². The molecule has 0 radical (unpaired) electrons. The fourth-order valence-electron chi connectivity index (χ4n) is 2.54. The number of rotatable bonds is 3. The van der Waals surface area contributed by atoms with E-state index in [1.54, 1.807) is 7.11 Å². The molecule has 0 saturated heterocycles. The third-order valence-corrected chi connectivity index (χ3v) is 3.64. The van der Waals surface area contributed by atoms with Gasteiger partial charge < -0.3 is 4.74 Å². The normalized spacial score (nSPS) is 11.2. The van der Waals surface area contributed by atoms with Crippen LogP contribution in [0.3, 0.4) is 0 Å². The van der Waals surface area contributed by atoms with Crippen LogP contribution >= 0.6 is 0 Å². The molecule has 3 aromatic rings. The molecule has 2 heteroatoms. The quantitative estimate of drug-likeness (QED) is 0.506. The number of allylic oxidation sites excluding steroid dienone is 1. The van der Waals surface area contributed by atoms with Crippen LogP contribution in [0.25, 0.3) is 22.4 Å². The molecule has 3 rings (SSSR count). The molecular formula is C20H15NO. The van der Waals surface area contributed by atoms with Gasteiger partial charge in [0.15, 0.2) is 0 Å². The molecular weight excluding hydrogens is 270 g/mol.